The van der Waals surface area contributed by atoms with Crippen molar-refractivity contribution in [1.82, 2.24) is 9.97 Å². The van der Waals surface area contributed by atoms with Crippen LogP contribution in [0.4, 0.5) is 0 Å². The van der Waals surface area contributed by atoms with Gasteiger partial charge in [0.25, 0.3) is 0 Å². The second-order valence-corrected chi connectivity index (χ2v) is 6.77. The maximum absolute atomic E-state index is 6.16. The van der Waals surface area contributed by atoms with Crippen LogP contribution in [0.1, 0.15) is 50.3 Å². The molecule has 0 radical (unpaired) electrons. The van der Waals surface area contributed by atoms with Crippen LogP contribution in [0.3, 0.4) is 0 Å². The quantitative estimate of drug-likeness (QED) is 0.590. The molecule has 108 valence electrons. The fraction of sp³-hybridized carbons (Fsp3) is 0.600. The van der Waals surface area contributed by atoms with Gasteiger partial charge in [-0.2, -0.15) is 4.98 Å². The monoisotopic (exact) mass is 310 g/mol. The molecule has 0 saturated heterocycles. The summed E-state index contributed by atoms with van der Waals surface area (Å²) in [5.41, 5.74) is 0. The van der Waals surface area contributed by atoms with Crippen molar-refractivity contribution in [1.29, 1.82) is 0 Å². The van der Waals surface area contributed by atoms with E-state index in [0.29, 0.717) is 5.88 Å². The van der Waals surface area contributed by atoms with Crippen molar-refractivity contribution in [3.05, 3.63) is 16.2 Å². The molecule has 3 rings (SSSR count). The first-order chi connectivity index (χ1) is 9.76. The van der Waals surface area contributed by atoms with Crippen molar-refractivity contribution in [2.75, 3.05) is 0 Å². The largest absolute Gasteiger partial charge is 0.474 e. The van der Waals surface area contributed by atoms with Crippen LogP contribution in [-0.4, -0.2) is 16.1 Å². The highest BCUT2D eigenvalue weighted by molar-refractivity contribution is 7.18. The van der Waals surface area contributed by atoms with Crippen LogP contribution in [0.15, 0.2) is 6.07 Å². The molecule has 3 nitrogen and oxygen atoms in total. The van der Waals surface area contributed by atoms with E-state index in [-0.39, 0.29) is 11.4 Å². The van der Waals surface area contributed by atoms with Gasteiger partial charge in [-0.3, -0.25) is 0 Å². The first kappa shape index (κ1) is 14.1. The summed E-state index contributed by atoms with van der Waals surface area (Å²) in [6, 6.07) is 2.14. The molecule has 1 aliphatic carbocycles. The minimum atomic E-state index is 0.275. The summed E-state index contributed by atoms with van der Waals surface area (Å²) in [6.07, 6.45) is 8.64. The molecule has 0 N–H and O–H groups in total. The SMILES string of the molecule is CCc1cc2c(OC3CCCCCC3)nc(Cl)nc2s1. The van der Waals surface area contributed by atoms with Gasteiger partial charge in [-0.05, 0) is 49.8 Å². The minimum absolute atomic E-state index is 0.275. The van der Waals surface area contributed by atoms with Crippen LogP contribution in [0.25, 0.3) is 10.2 Å². The summed E-state index contributed by atoms with van der Waals surface area (Å²) < 4.78 is 6.16. The van der Waals surface area contributed by atoms with Gasteiger partial charge in [0, 0.05) is 4.88 Å². The van der Waals surface area contributed by atoms with Crippen molar-refractivity contribution < 1.29 is 4.74 Å². The smallest absolute Gasteiger partial charge is 0.227 e. The maximum Gasteiger partial charge on any atom is 0.227 e. The van der Waals surface area contributed by atoms with Gasteiger partial charge in [0.15, 0.2) is 0 Å². The van der Waals surface area contributed by atoms with Crippen LogP contribution < -0.4 is 4.74 Å². The molecule has 0 aliphatic heterocycles. The molecule has 0 bridgehead atoms. The lowest BCUT2D eigenvalue weighted by molar-refractivity contribution is 0.179. The molecule has 2 aromatic rings. The molecule has 0 aromatic carbocycles. The van der Waals surface area contributed by atoms with Crippen molar-refractivity contribution in [2.24, 2.45) is 0 Å². The molecule has 1 aliphatic rings. The minimum Gasteiger partial charge on any atom is -0.474 e. The molecule has 0 unspecified atom stereocenters. The lowest BCUT2D eigenvalue weighted by Gasteiger charge is -2.16. The van der Waals surface area contributed by atoms with Crippen molar-refractivity contribution >= 4 is 33.2 Å². The third-order valence-electron chi connectivity index (χ3n) is 3.81. The van der Waals surface area contributed by atoms with E-state index < -0.39 is 0 Å². The number of halogens is 1. The Morgan fingerprint density at radius 1 is 1.25 bits per heavy atom. The van der Waals surface area contributed by atoms with Gasteiger partial charge < -0.3 is 4.74 Å². The van der Waals surface area contributed by atoms with Crippen LogP contribution in [0.2, 0.25) is 5.28 Å². The van der Waals surface area contributed by atoms with Gasteiger partial charge in [0.1, 0.15) is 10.9 Å². The highest BCUT2D eigenvalue weighted by Gasteiger charge is 2.18. The van der Waals surface area contributed by atoms with E-state index in [1.807, 2.05) is 0 Å². The number of hydrogen-bond donors (Lipinski definition) is 0. The van der Waals surface area contributed by atoms with E-state index in [2.05, 4.69) is 23.0 Å². The van der Waals surface area contributed by atoms with E-state index in [0.717, 1.165) is 29.5 Å². The topological polar surface area (TPSA) is 35.0 Å². The number of rotatable bonds is 3. The molecule has 2 aromatic heterocycles. The fourth-order valence-corrected chi connectivity index (χ4v) is 3.87. The Morgan fingerprint density at radius 3 is 2.70 bits per heavy atom. The van der Waals surface area contributed by atoms with Crippen molar-refractivity contribution in [2.45, 2.75) is 58.0 Å². The molecule has 0 spiro atoms. The Balaban J connectivity index is 1.90. The number of ether oxygens (including phenoxy) is 1. The number of hydrogen-bond acceptors (Lipinski definition) is 4. The van der Waals surface area contributed by atoms with Crippen LogP contribution in [0.5, 0.6) is 5.88 Å². The third-order valence-corrected chi connectivity index (χ3v) is 5.15. The Labute approximate surface area is 128 Å². The lowest BCUT2D eigenvalue weighted by atomic mass is 10.1. The molecule has 1 saturated carbocycles. The Kier molecular flexibility index (Phi) is 4.41. The second-order valence-electron chi connectivity index (χ2n) is 5.31. The van der Waals surface area contributed by atoms with Crippen LogP contribution in [-0.2, 0) is 6.42 Å². The van der Waals surface area contributed by atoms with Gasteiger partial charge in [0.2, 0.25) is 11.2 Å². The molecule has 20 heavy (non-hydrogen) atoms. The zero-order valence-corrected chi connectivity index (χ0v) is 13.3. The predicted molar refractivity (Wildman–Crippen MR) is 83.9 cm³/mol. The maximum atomic E-state index is 6.16. The number of aromatic nitrogens is 2. The van der Waals surface area contributed by atoms with Gasteiger partial charge in [-0.15, -0.1) is 11.3 Å². The number of thiophene rings is 1. The highest BCUT2D eigenvalue weighted by atomic mass is 35.5. The first-order valence-electron chi connectivity index (χ1n) is 7.39. The molecule has 0 atom stereocenters. The Morgan fingerprint density at radius 2 is 2.00 bits per heavy atom. The average molecular weight is 311 g/mol. The summed E-state index contributed by atoms with van der Waals surface area (Å²) in [4.78, 5) is 10.9. The number of aryl methyl sites for hydroxylation is 1. The molecular weight excluding hydrogens is 292 g/mol. The molecule has 0 amide bonds. The van der Waals surface area contributed by atoms with Gasteiger partial charge in [-0.1, -0.05) is 19.8 Å². The molecular formula is C15H19ClN2OS. The van der Waals surface area contributed by atoms with E-state index in [4.69, 9.17) is 16.3 Å². The summed E-state index contributed by atoms with van der Waals surface area (Å²) in [5, 5.41) is 1.30. The third kappa shape index (κ3) is 3.07. The van der Waals surface area contributed by atoms with Crippen LogP contribution >= 0.6 is 22.9 Å². The second kappa shape index (κ2) is 6.27. The summed E-state index contributed by atoms with van der Waals surface area (Å²) in [5.74, 6) is 0.669. The van der Waals surface area contributed by atoms with Gasteiger partial charge in [0.05, 0.1) is 5.39 Å². The lowest BCUT2D eigenvalue weighted by Crippen LogP contribution is -2.16. The zero-order valence-electron chi connectivity index (χ0n) is 11.7. The molecule has 1 fully saturated rings. The zero-order chi connectivity index (χ0) is 13.9. The van der Waals surface area contributed by atoms with E-state index in [9.17, 15) is 0 Å². The predicted octanol–water partition coefficient (Wildman–Crippen LogP) is 5.01. The van der Waals surface area contributed by atoms with Crippen molar-refractivity contribution in [3.63, 3.8) is 0 Å². The first-order valence-corrected chi connectivity index (χ1v) is 8.58. The molecule has 5 heteroatoms. The Hall–Kier alpha value is -0.870. The normalized spacial score (nSPS) is 17.3. The summed E-state index contributed by atoms with van der Waals surface area (Å²) in [7, 11) is 0. The average Bonchev–Trinajstić information content (AvgIpc) is 2.67. The molecule has 2 heterocycles. The fourth-order valence-electron chi connectivity index (χ4n) is 2.70. The number of nitrogens with zero attached hydrogens (tertiary/aromatic N) is 2. The van der Waals surface area contributed by atoms with E-state index >= 15 is 0 Å². The van der Waals surface area contributed by atoms with E-state index in [1.165, 1.54) is 30.6 Å². The van der Waals surface area contributed by atoms with E-state index in [1.54, 1.807) is 11.3 Å². The standard InChI is InChI=1S/C15H19ClN2OS/c1-2-11-9-12-13(17-15(16)18-14(12)20-11)19-10-7-5-3-4-6-8-10/h9-10H,2-8H2,1H3. The number of fused-ring (bicyclic) bond motifs is 1. The van der Waals surface area contributed by atoms with Crippen LogP contribution in [0, 0.1) is 0 Å². The van der Waals surface area contributed by atoms with Gasteiger partial charge >= 0.3 is 0 Å². The summed E-state index contributed by atoms with van der Waals surface area (Å²) >= 11 is 7.71. The summed E-state index contributed by atoms with van der Waals surface area (Å²) in [6.45, 7) is 2.14. The highest BCUT2D eigenvalue weighted by Crippen LogP contribution is 2.33. The van der Waals surface area contributed by atoms with Crippen molar-refractivity contribution in [3.8, 4) is 5.88 Å². The Bertz CT molecular complexity index is 591. The van der Waals surface area contributed by atoms with Gasteiger partial charge in [-0.25, -0.2) is 4.98 Å².